The molecule has 1 aliphatic carbocycles. The molecule has 1 amide bonds. The van der Waals surface area contributed by atoms with Crippen LogP contribution >= 0.6 is 0 Å². The first-order valence-electron chi connectivity index (χ1n) is 12.7. The topological polar surface area (TPSA) is 58.2 Å². The number of aromatic nitrogens is 2. The molecule has 1 aliphatic heterocycles. The number of nitrogens with zero attached hydrogens (tertiary/aromatic N) is 2. The van der Waals surface area contributed by atoms with Gasteiger partial charge in [0, 0.05) is 17.2 Å². The maximum atomic E-state index is 13.7. The number of fused-ring (bicyclic) bond motifs is 1. The van der Waals surface area contributed by atoms with E-state index < -0.39 is 0 Å². The molecule has 1 aromatic heterocycles. The van der Waals surface area contributed by atoms with Crippen molar-refractivity contribution in [2.45, 2.75) is 71.4 Å². The van der Waals surface area contributed by atoms with Gasteiger partial charge in [-0.25, -0.2) is 0 Å². The fourth-order valence-corrected chi connectivity index (χ4v) is 5.32. The molecule has 5 rings (SSSR count). The summed E-state index contributed by atoms with van der Waals surface area (Å²) in [5.41, 5.74) is 5.89. The van der Waals surface area contributed by atoms with E-state index in [0.717, 1.165) is 54.0 Å². The first-order chi connectivity index (χ1) is 16.5. The van der Waals surface area contributed by atoms with Gasteiger partial charge in [-0.2, -0.15) is 5.10 Å². The molecule has 1 atom stereocenters. The first-order valence-corrected chi connectivity index (χ1v) is 12.7. The molecule has 2 aromatic carbocycles. The molecular weight excluding hydrogens is 422 g/mol. The van der Waals surface area contributed by atoms with Crippen LogP contribution in [0.2, 0.25) is 0 Å². The summed E-state index contributed by atoms with van der Waals surface area (Å²) >= 11 is 0. The van der Waals surface area contributed by atoms with E-state index in [-0.39, 0.29) is 18.0 Å². The van der Waals surface area contributed by atoms with Gasteiger partial charge in [0.05, 0.1) is 18.3 Å². The SMILES string of the molecule is Cc1ccc(-c2n[nH]c3c2C(c2ccc(OCCC(C)C)cc2)N(C2CCCCC2)C3=O)cc1. The molecule has 1 saturated carbocycles. The average Bonchev–Trinajstić information content (AvgIpc) is 3.39. The van der Waals surface area contributed by atoms with E-state index in [0.29, 0.717) is 11.6 Å². The number of H-pyrrole nitrogens is 1. The lowest BCUT2D eigenvalue weighted by Gasteiger charge is -2.36. The molecule has 178 valence electrons. The van der Waals surface area contributed by atoms with Gasteiger partial charge in [0.1, 0.15) is 11.4 Å². The van der Waals surface area contributed by atoms with Crippen LogP contribution in [0.5, 0.6) is 5.75 Å². The number of carbonyl (C=O) groups excluding carboxylic acids is 1. The van der Waals surface area contributed by atoms with Gasteiger partial charge < -0.3 is 9.64 Å². The number of ether oxygens (including phenoxy) is 1. The van der Waals surface area contributed by atoms with Crippen molar-refractivity contribution >= 4 is 5.91 Å². The van der Waals surface area contributed by atoms with Crippen molar-refractivity contribution in [1.82, 2.24) is 15.1 Å². The molecule has 2 aliphatic rings. The van der Waals surface area contributed by atoms with Crippen molar-refractivity contribution < 1.29 is 9.53 Å². The van der Waals surface area contributed by atoms with Crippen molar-refractivity contribution in [3.05, 3.63) is 70.9 Å². The molecular formula is C29H35N3O2. The van der Waals surface area contributed by atoms with Crippen molar-refractivity contribution in [2.24, 2.45) is 5.92 Å². The summed E-state index contributed by atoms with van der Waals surface area (Å²) in [7, 11) is 0. The highest BCUT2D eigenvalue weighted by molar-refractivity contribution is 6.00. The Balaban J connectivity index is 1.52. The van der Waals surface area contributed by atoms with E-state index >= 15 is 0 Å². The van der Waals surface area contributed by atoms with Crippen molar-refractivity contribution in [2.75, 3.05) is 6.61 Å². The third kappa shape index (κ3) is 4.36. The van der Waals surface area contributed by atoms with Gasteiger partial charge in [-0.15, -0.1) is 0 Å². The van der Waals surface area contributed by atoms with Crippen LogP contribution in [0.15, 0.2) is 48.5 Å². The summed E-state index contributed by atoms with van der Waals surface area (Å²) in [5.74, 6) is 1.58. The van der Waals surface area contributed by atoms with Gasteiger partial charge in [0.2, 0.25) is 0 Å². The van der Waals surface area contributed by atoms with Gasteiger partial charge in [0.25, 0.3) is 5.91 Å². The monoisotopic (exact) mass is 457 g/mol. The number of rotatable bonds is 7. The Morgan fingerprint density at radius 1 is 1.03 bits per heavy atom. The average molecular weight is 458 g/mol. The minimum Gasteiger partial charge on any atom is -0.494 e. The predicted octanol–water partition coefficient (Wildman–Crippen LogP) is 6.69. The highest BCUT2D eigenvalue weighted by atomic mass is 16.5. The van der Waals surface area contributed by atoms with E-state index in [4.69, 9.17) is 4.74 Å². The molecule has 0 spiro atoms. The zero-order valence-electron chi connectivity index (χ0n) is 20.5. The molecule has 0 saturated heterocycles. The van der Waals surface area contributed by atoms with Crippen molar-refractivity contribution in [3.8, 4) is 17.0 Å². The Hall–Kier alpha value is -3.08. The summed E-state index contributed by atoms with van der Waals surface area (Å²) < 4.78 is 5.96. The van der Waals surface area contributed by atoms with E-state index in [9.17, 15) is 4.79 Å². The molecule has 3 aromatic rings. The summed E-state index contributed by atoms with van der Waals surface area (Å²) in [6, 6.07) is 16.9. The molecule has 1 unspecified atom stereocenters. The van der Waals surface area contributed by atoms with Gasteiger partial charge in [-0.3, -0.25) is 9.89 Å². The Labute approximate surface area is 202 Å². The van der Waals surface area contributed by atoms with Crippen molar-refractivity contribution in [3.63, 3.8) is 0 Å². The summed E-state index contributed by atoms with van der Waals surface area (Å²) in [6.07, 6.45) is 6.79. The standard InChI is InChI=1S/C29H35N3O2/c1-19(2)17-18-34-24-15-13-22(14-16-24)28-25-26(21-11-9-20(3)10-12-21)30-31-27(25)29(33)32(28)23-7-5-4-6-8-23/h9-16,19,23,28H,4-8,17-18H2,1-3H3,(H,30,31). The molecule has 2 heterocycles. The molecule has 5 heteroatoms. The number of aryl methyl sites for hydroxylation is 1. The Kier molecular flexibility index (Phi) is 6.44. The summed E-state index contributed by atoms with van der Waals surface area (Å²) in [4.78, 5) is 15.8. The fourth-order valence-electron chi connectivity index (χ4n) is 5.32. The van der Waals surface area contributed by atoms with Crippen LogP contribution in [-0.4, -0.2) is 33.7 Å². The van der Waals surface area contributed by atoms with E-state index in [1.165, 1.54) is 24.8 Å². The largest absolute Gasteiger partial charge is 0.494 e. The summed E-state index contributed by atoms with van der Waals surface area (Å²) in [5, 5.41) is 7.72. The third-order valence-electron chi connectivity index (χ3n) is 7.26. The van der Waals surface area contributed by atoms with E-state index in [1.54, 1.807) is 0 Å². The van der Waals surface area contributed by atoms with Crippen LogP contribution in [0.3, 0.4) is 0 Å². The lowest BCUT2D eigenvalue weighted by molar-refractivity contribution is 0.0606. The number of hydrogen-bond acceptors (Lipinski definition) is 3. The van der Waals surface area contributed by atoms with Gasteiger partial charge in [-0.1, -0.05) is 75.1 Å². The fraction of sp³-hybridized carbons (Fsp3) is 0.448. The maximum absolute atomic E-state index is 13.7. The number of hydrogen-bond donors (Lipinski definition) is 1. The van der Waals surface area contributed by atoms with Crippen molar-refractivity contribution in [1.29, 1.82) is 0 Å². The normalized spacial score (nSPS) is 18.5. The van der Waals surface area contributed by atoms with Crippen LogP contribution in [-0.2, 0) is 0 Å². The molecule has 0 radical (unpaired) electrons. The lowest BCUT2D eigenvalue weighted by Crippen LogP contribution is -2.40. The number of nitrogens with one attached hydrogen (secondary N) is 1. The van der Waals surface area contributed by atoms with E-state index in [2.05, 4.69) is 72.3 Å². The Bertz CT molecular complexity index is 1130. The number of amides is 1. The lowest BCUT2D eigenvalue weighted by atomic mass is 9.91. The Morgan fingerprint density at radius 2 is 1.74 bits per heavy atom. The van der Waals surface area contributed by atoms with Crippen LogP contribution in [0.4, 0.5) is 0 Å². The van der Waals surface area contributed by atoms with Gasteiger partial charge in [0.15, 0.2) is 0 Å². The maximum Gasteiger partial charge on any atom is 0.273 e. The zero-order chi connectivity index (χ0) is 23.7. The first kappa shape index (κ1) is 22.7. The minimum atomic E-state index is -0.134. The second kappa shape index (κ2) is 9.65. The predicted molar refractivity (Wildman–Crippen MR) is 135 cm³/mol. The number of carbonyl (C=O) groups is 1. The molecule has 1 fully saturated rings. The molecule has 1 N–H and O–H groups in total. The van der Waals surface area contributed by atoms with Crippen LogP contribution in [0, 0.1) is 12.8 Å². The second-order valence-corrected chi connectivity index (χ2v) is 10.2. The van der Waals surface area contributed by atoms with Crippen LogP contribution in [0.1, 0.15) is 85.6 Å². The highest BCUT2D eigenvalue weighted by Gasteiger charge is 2.45. The molecule has 0 bridgehead atoms. The zero-order valence-corrected chi connectivity index (χ0v) is 20.5. The van der Waals surface area contributed by atoms with Gasteiger partial charge in [-0.05, 0) is 49.8 Å². The minimum absolute atomic E-state index is 0.0787. The Morgan fingerprint density at radius 3 is 2.41 bits per heavy atom. The smallest absolute Gasteiger partial charge is 0.273 e. The highest BCUT2D eigenvalue weighted by Crippen LogP contribution is 2.45. The second-order valence-electron chi connectivity index (χ2n) is 10.2. The summed E-state index contributed by atoms with van der Waals surface area (Å²) in [6.45, 7) is 7.21. The van der Waals surface area contributed by atoms with Crippen LogP contribution in [0.25, 0.3) is 11.3 Å². The molecule has 5 nitrogen and oxygen atoms in total. The third-order valence-corrected chi connectivity index (χ3v) is 7.26. The number of benzene rings is 2. The number of aromatic amines is 1. The van der Waals surface area contributed by atoms with Gasteiger partial charge >= 0.3 is 0 Å². The van der Waals surface area contributed by atoms with Crippen LogP contribution < -0.4 is 4.74 Å². The molecule has 34 heavy (non-hydrogen) atoms. The quantitative estimate of drug-likeness (QED) is 0.430. The van der Waals surface area contributed by atoms with E-state index in [1.807, 2.05) is 12.1 Å².